The second-order valence-corrected chi connectivity index (χ2v) is 5.99. The van der Waals surface area contributed by atoms with E-state index in [9.17, 15) is 35.4 Å². The Morgan fingerprint density at radius 2 is 1.30 bits per heavy atom. The van der Waals surface area contributed by atoms with Gasteiger partial charge in [-0.05, 0) is 29.8 Å². The summed E-state index contributed by atoms with van der Waals surface area (Å²) in [7, 11) is 0. The normalized spacial score (nSPS) is 11.3. The number of hydrogen-bond donors (Lipinski definition) is 6. The van der Waals surface area contributed by atoms with Gasteiger partial charge in [-0.15, -0.1) is 0 Å². The average Bonchev–Trinajstić information content (AvgIpc) is 2.60. The zero-order valence-electron chi connectivity index (χ0n) is 13.5. The molecule has 0 spiro atoms. The lowest BCUT2D eigenvalue weighted by Crippen LogP contribution is -2.01. The van der Waals surface area contributed by atoms with Crippen molar-refractivity contribution in [2.75, 3.05) is 0 Å². The number of fused-ring (bicyclic) bond motifs is 2. The maximum atomic E-state index is 11.8. The number of hydrogen-bond acceptors (Lipinski definition) is 8. The van der Waals surface area contributed by atoms with Gasteiger partial charge in [0.1, 0.15) is 11.3 Å². The fourth-order valence-corrected chi connectivity index (χ4v) is 2.99. The first-order valence-electron chi connectivity index (χ1n) is 7.67. The van der Waals surface area contributed by atoms with E-state index in [0.717, 1.165) is 30.3 Å². The van der Waals surface area contributed by atoms with E-state index in [1.807, 2.05) is 0 Å². The lowest BCUT2D eigenvalue weighted by atomic mass is 9.93. The molecule has 0 bridgehead atoms. The van der Waals surface area contributed by atoms with Crippen molar-refractivity contribution in [2.24, 2.45) is 0 Å². The predicted molar refractivity (Wildman–Crippen MR) is 94.5 cm³/mol. The first kappa shape index (κ1) is 16.4. The van der Waals surface area contributed by atoms with Crippen LogP contribution in [-0.2, 0) is 0 Å². The zero-order valence-corrected chi connectivity index (χ0v) is 13.5. The van der Waals surface area contributed by atoms with Gasteiger partial charge in [-0.25, -0.2) is 0 Å². The Labute approximate surface area is 150 Å². The molecule has 0 amide bonds. The third-order valence-corrected chi connectivity index (χ3v) is 4.25. The molecular formula is C19H12O8. The van der Waals surface area contributed by atoms with Crippen LogP contribution in [0.4, 0.5) is 0 Å². The van der Waals surface area contributed by atoms with Crippen LogP contribution >= 0.6 is 0 Å². The molecule has 0 saturated carbocycles. The lowest BCUT2D eigenvalue weighted by molar-refractivity contribution is 0.368. The summed E-state index contributed by atoms with van der Waals surface area (Å²) in [4.78, 5) is 11.8. The highest BCUT2D eigenvalue weighted by molar-refractivity contribution is 6.03. The summed E-state index contributed by atoms with van der Waals surface area (Å²) in [5, 5.41) is 59.0. The topological polar surface area (TPSA) is 152 Å². The molecule has 0 atom stereocenters. The fraction of sp³-hybridized carbons (Fsp3) is 0. The highest BCUT2D eigenvalue weighted by Gasteiger charge is 2.22. The molecule has 2 aromatic carbocycles. The molecule has 0 unspecified atom stereocenters. The Morgan fingerprint density at radius 1 is 0.667 bits per heavy atom. The summed E-state index contributed by atoms with van der Waals surface area (Å²) in [5.74, 6) is -3.28. The highest BCUT2D eigenvalue weighted by Crippen LogP contribution is 2.47. The summed E-state index contributed by atoms with van der Waals surface area (Å²) in [5.41, 5.74) is 0.147. The Bertz CT molecular complexity index is 1230. The minimum absolute atomic E-state index is 0.0671. The lowest BCUT2D eigenvalue weighted by Gasteiger charge is -2.16. The molecule has 6 N–H and O–H groups in total. The van der Waals surface area contributed by atoms with Crippen LogP contribution in [0.15, 0.2) is 45.6 Å². The molecule has 0 aromatic heterocycles. The highest BCUT2D eigenvalue weighted by atomic mass is 16.3. The van der Waals surface area contributed by atoms with Crippen LogP contribution in [0.5, 0.6) is 34.5 Å². The van der Waals surface area contributed by atoms with Crippen molar-refractivity contribution in [3.05, 3.63) is 46.6 Å². The first-order valence-corrected chi connectivity index (χ1v) is 7.67. The van der Waals surface area contributed by atoms with E-state index in [1.54, 1.807) is 0 Å². The van der Waals surface area contributed by atoms with Crippen molar-refractivity contribution in [3.8, 4) is 56.9 Å². The summed E-state index contributed by atoms with van der Waals surface area (Å²) in [6, 6.07) is 6.88. The molecule has 0 saturated heterocycles. The van der Waals surface area contributed by atoms with Crippen molar-refractivity contribution < 1.29 is 35.1 Å². The van der Waals surface area contributed by atoms with Gasteiger partial charge < -0.3 is 35.1 Å². The van der Waals surface area contributed by atoms with Crippen molar-refractivity contribution in [1.82, 2.24) is 0 Å². The average molecular weight is 368 g/mol. The van der Waals surface area contributed by atoms with Crippen LogP contribution in [0.2, 0.25) is 0 Å². The number of rotatable bonds is 1. The van der Waals surface area contributed by atoms with Gasteiger partial charge in [-0.3, -0.25) is 4.79 Å². The maximum absolute atomic E-state index is 11.8. The summed E-state index contributed by atoms with van der Waals surface area (Å²) in [6.07, 6.45) is 0. The Kier molecular flexibility index (Phi) is 3.32. The van der Waals surface area contributed by atoms with E-state index in [-0.39, 0.29) is 33.4 Å². The number of aromatic hydroxyl groups is 6. The van der Waals surface area contributed by atoms with E-state index < -0.39 is 39.9 Å². The van der Waals surface area contributed by atoms with Crippen LogP contribution in [0.25, 0.3) is 33.4 Å². The van der Waals surface area contributed by atoms with Gasteiger partial charge in [0, 0.05) is 28.6 Å². The Morgan fingerprint density at radius 3 is 1.96 bits per heavy atom. The Balaban J connectivity index is 2.24. The molecule has 0 radical (unpaired) electrons. The minimum Gasteiger partial charge on any atom is -0.504 e. The third-order valence-electron chi connectivity index (χ3n) is 4.25. The molecule has 2 aromatic rings. The summed E-state index contributed by atoms with van der Waals surface area (Å²) >= 11 is 0. The van der Waals surface area contributed by atoms with E-state index in [2.05, 4.69) is 0 Å². The van der Waals surface area contributed by atoms with Gasteiger partial charge >= 0.3 is 0 Å². The van der Waals surface area contributed by atoms with Crippen molar-refractivity contribution in [1.29, 1.82) is 0 Å². The monoisotopic (exact) mass is 368 g/mol. The molecule has 27 heavy (non-hydrogen) atoms. The van der Waals surface area contributed by atoms with Crippen LogP contribution in [0.1, 0.15) is 0 Å². The van der Waals surface area contributed by atoms with Gasteiger partial charge in [0.2, 0.25) is 5.43 Å². The SMILES string of the molecule is O=c1cc2oc3cc(O)c(O)cc3c(-c3cc(O)c(O)c(O)c3)c-2cc1O. The standard InChI is InChI=1S/C19H12O8/c20-10-3-8-16(5-12(10)22)27-17-6-13(23)11(21)4-9(17)18(8)7-1-14(24)19(26)15(25)2-7/h1-6,20-22,24-26H. The van der Waals surface area contributed by atoms with E-state index in [1.165, 1.54) is 6.07 Å². The number of benzene rings is 3. The van der Waals surface area contributed by atoms with Crippen LogP contribution in [0.3, 0.4) is 0 Å². The van der Waals surface area contributed by atoms with Crippen LogP contribution in [0, 0.1) is 0 Å². The van der Waals surface area contributed by atoms with Crippen molar-refractivity contribution in [3.63, 3.8) is 0 Å². The quantitative estimate of drug-likeness (QED) is 0.222. The van der Waals surface area contributed by atoms with Crippen molar-refractivity contribution in [2.45, 2.75) is 0 Å². The van der Waals surface area contributed by atoms with Crippen molar-refractivity contribution >= 4 is 11.0 Å². The van der Waals surface area contributed by atoms with E-state index in [0.29, 0.717) is 0 Å². The van der Waals surface area contributed by atoms with E-state index >= 15 is 0 Å². The molecule has 2 aliphatic rings. The predicted octanol–water partition coefficient (Wildman–Crippen LogP) is 2.80. The number of phenolic OH excluding ortho intramolecular Hbond substituents is 6. The van der Waals surface area contributed by atoms with Crippen LogP contribution in [-0.4, -0.2) is 30.6 Å². The first-order chi connectivity index (χ1) is 12.8. The molecule has 1 heterocycles. The summed E-state index contributed by atoms with van der Waals surface area (Å²) in [6.45, 7) is 0. The molecule has 1 aliphatic heterocycles. The number of phenols is 6. The van der Waals surface area contributed by atoms with Gasteiger partial charge in [0.15, 0.2) is 34.5 Å². The molecule has 136 valence electrons. The second-order valence-electron chi connectivity index (χ2n) is 5.99. The molecule has 8 heteroatoms. The molecule has 0 fully saturated rings. The zero-order chi connectivity index (χ0) is 19.5. The molecular weight excluding hydrogens is 356 g/mol. The molecule has 4 rings (SSSR count). The maximum Gasteiger partial charge on any atom is 0.223 e. The Hall–Kier alpha value is -4.07. The second kappa shape index (κ2) is 5.46. The van der Waals surface area contributed by atoms with Gasteiger partial charge in [-0.1, -0.05) is 0 Å². The van der Waals surface area contributed by atoms with E-state index in [4.69, 9.17) is 4.42 Å². The third kappa shape index (κ3) is 2.43. The van der Waals surface area contributed by atoms with Gasteiger partial charge in [-0.2, -0.15) is 0 Å². The molecule has 8 nitrogen and oxygen atoms in total. The summed E-state index contributed by atoms with van der Waals surface area (Å²) < 4.78 is 5.61. The minimum atomic E-state index is -0.710. The smallest absolute Gasteiger partial charge is 0.223 e. The fourth-order valence-electron chi connectivity index (χ4n) is 2.99. The largest absolute Gasteiger partial charge is 0.504 e. The van der Waals surface area contributed by atoms with Gasteiger partial charge in [0.05, 0.1) is 0 Å². The molecule has 1 aliphatic carbocycles. The van der Waals surface area contributed by atoms with Gasteiger partial charge in [0.25, 0.3) is 0 Å². The van der Waals surface area contributed by atoms with Crippen LogP contribution < -0.4 is 5.43 Å².